The van der Waals surface area contributed by atoms with Gasteiger partial charge in [0.1, 0.15) is 5.75 Å². The van der Waals surface area contributed by atoms with Crippen LogP contribution in [0.1, 0.15) is 62.2 Å². The number of aliphatic hydroxyl groups excluding tert-OH is 1. The molecule has 2 amide bonds. The first-order valence-corrected chi connectivity index (χ1v) is 15.9. The second-order valence-corrected chi connectivity index (χ2v) is 12.4. The largest absolute Gasteiger partial charge is 0.506 e. The van der Waals surface area contributed by atoms with Crippen LogP contribution in [0.3, 0.4) is 0 Å². The lowest BCUT2D eigenvalue weighted by molar-refractivity contribution is -0.130. The summed E-state index contributed by atoms with van der Waals surface area (Å²) >= 11 is 0. The number of phenolic OH excluding ortho intramolecular Hbond substituents is 1. The molecule has 5 N–H and O–H groups in total. The molecule has 0 spiro atoms. The summed E-state index contributed by atoms with van der Waals surface area (Å²) < 4.78 is 0. The number of aromatic amines is 1. The predicted molar refractivity (Wildman–Crippen MR) is 171 cm³/mol. The highest BCUT2D eigenvalue weighted by Gasteiger charge is 2.35. The van der Waals surface area contributed by atoms with E-state index in [1.165, 1.54) is 31.4 Å². The molecule has 3 atom stereocenters. The Kier molecular flexibility index (Phi) is 10.7. The Morgan fingerprint density at radius 1 is 1.02 bits per heavy atom. The van der Waals surface area contributed by atoms with E-state index in [0.717, 1.165) is 55.6 Å². The fraction of sp³-hybridized carbons (Fsp3) is 0.500. The van der Waals surface area contributed by atoms with Crippen molar-refractivity contribution in [3.63, 3.8) is 0 Å². The van der Waals surface area contributed by atoms with Crippen LogP contribution in [0.25, 0.3) is 10.9 Å². The molecule has 2 unspecified atom stereocenters. The van der Waals surface area contributed by atoms with Crippen molar-refractivity contribution >= 4 is 28.4 Å². The van der Waals surface area contributed by atoms with Crippen LogP contribution in [-0.2, 0) is 16.1 Å². The summed E-state index contributed by atoms with van der Waals surface area (Å²) in [7, 11) is 1.86. The highest BCUT2D eigenvalue weighted by atomic mass is 16.3. The van der Waals surface area contributed by atoms with E-state index in [0.29, 0.717) is 42.4 Å². The van der Waals surface area contributed by atoms with Gasteiger partial charge < -0.3 is 35.6 Å². The number of likely N-dealkylation sites (tertiary alicyclic amines) is 1. The van der Waals surface area contributed by atoms with Crippen molar-refractivity contribution in [3.8, 4) is 5.75 Å². The number of rotatable bonds is 14. The third kappa shape index (κ3) is 8.25. The van der Waals surface area contributed by atoms with E-state index in [2.05, 4.69) is 20.5 Å². The lowest BCUT2D eigenvalue weighted by Crippen LogP contribution is -2.32. The van der Waals surface area contributed by atoms with Crippen LogP contribution in [0.15, 0.2) is 53.3 Å². The fourth-order valence-electron chi connectivity index (χ4n) is 6.66. The van der Waals surface area contributed by atoms with Crippen molar-refractivity contribution < 1.29 is 19.8 Å². The van der Waals surface area contributed by atoms with E-state index in [9.17, 15) is 24.6 Å². The van der Waals surface area contributed by atoms with E-state index in [1.54, 1.807) is 17.0 Å². The van der Waals surface area contributed by atoms with Gasteiger partial charge in [-0.1, -0.05) is 24.6 Å². The Morgan fingerprint density at radius 2 is 1.77 bits per heavy atom. The number of phenols is 1. The van der Waals surface area contributed by atoms with Gasteiger partial charge in [-0.3, -0.25) is 14.4 Å². The number of hydrogen-bond donors (Lipinski definition) is 5. The summed E-state index contributed by atoms with van der Waals surface area (Å²) in [5.74, 6) is 1.80. The molecule has 1 saturated carbocycles. The van der Waals surface area contributed by atoms with Crippen molar-refractivity contribution in [2.24, 2.45) is 11.8 Å². The van der Waals surface area contributed by atoms with Crippen LogP contribution in [0.2, 0.25) is 0 Å². The molecule has 2 aromatic carbocycles. The first-order chi connectivity index (χ1) is 21.3. The van der Waals surface area contributed by atoms with Crippen molar-refractivity contribution in [1.82, 2.24) is 20.1 Å². The number of anilines is 1. The van der Waals surface area contributed by atoms with Gasteiger partial charge in [-0.15, -0.1) is 0 Å². The Bertz CT molecular complexity index is 1480. The molecule has 1 aromatic heterocycles. The third-order valence-electron chi connectivity index (χ3n) is 9.19. The van der Waals surface area contributed by atoms with Crippen LogP contribution in [-0.4, -0.2) is 76.6 Å². The van der Waals surface area contributed by atoms with Gasteiger partial charge in [-0.05, 0) is 72.9 Å². The van der Waals surface area contributed by atoms with Gasteiger partial charge in [0.15, 0.2) is 0 Å². The highest BCUT2D eigenvalue weighted by molar-refractivity contribution is 5.90. The first-order valence-electron chi connectivity index (χ1n) is 15.9. The van der Waals surface area contributed by atoms with Crippen LogP contribution in [0.5, 0.6) is 5.75 Å². The zero-order chi connectivity index (χ0) is 31.1. The molecule has 1 aliphatic carbocycles. The number of H-pyrrole nitrogens is 1. The number of aromatic nitrogens is 1. The highest BCUT2D eigenvalue weighted by Crippen LogP contribution is 2.37. The maximum atomic E-state index is 12.6. The smallest absolute Gasteiger partial charge is 0.248 e. The minimum atomic E-state index is -0.838. The minimum Gasteiger partial charge on any atom is -0.506 e. The van der Waals surface area contributed by atoms with Gasteiger partial charge in [0.25, 0.3) is 0 Å². The maximum absolute atomic E-state index is 12.6. The Hall–Kier alpha value is -3.73. The monoisotopic (exact) mass is 603 g/mol. The number of carbonyl (C=O) groups is 2. The average Bonchev–Trinajstić information content (AvgIpc) is 3.62. The number of fused-ring (bicyclic) bond motifs is 2. The number of carbonyl (C=O) groups excluding carboxylic acids is 2. The molecule has 10 heteroatoms. The van der Waals surface area contributed by atoms with E-state index in [4.69, 9.17) is 0 Å². The number of aliphatic hydroxyl groups is 1. The third-order valence-corrected chi connectivity index (χ3v) is 9.19. The zero-order valence-corrected chi connectivity index (χ0v) is 25.6. The average molecular weight is 604 g/mol. The first kappa shape index (κ1) is 31.7. The van der Waals surface area contributed by atoms with Gasteiger partial charge >= 0.3 is 0 Å². The maximum Gasteiger partial charge on any atom is 0.248 e. The summed E-state index contributed by atoms with van der Waals surface area (Å²) in [5.41, 5.74) is 2.31. The Morgan fingerprint density at radius 3 is 2.52 bits per heavy atom. The summed E-state index contributed by atoms with van der Waals surface area (Å²) in [6.45, 7) is 4.63. The van der Waals surface area contributed by atoms with Gasteiger partial charge in [-0.2, -0.15) is 0 Å². The number of benzene rings is 2. The second kappa shape index (κ2) is 14.8. The van der Waals surface area contributed by atoms with E-state index in [-0.39, 0.29) is 29.7 Å². The van der Waals surface area contributed by atoms with Crippen LogP contribution in [0.4, 0.5) is 5.69 Å². The topological polar surface area (TPSA) is 138 Å². The molecule has 1 aliphatic heterocycles. The van der Waals surface area contributed by atoms with E-state index in [1.807, 2.05) is 31.3 Å². The summed E-state index contributed by atoms with van der Waals surface area (Å²) in [4.78, 5) is 43.5. The number of unbranched alkanes of at least 4 members (excludes halogenated alkanes) is 1. The molecule has 236 valence electrons. The van der Waals surface area contributed by atoms with Crippen molar-refractivity contribution in [3.05, 3.63) is 70.0 Å². The summed E-state index contributed by atoms with van der Waals surface area (Å²) in [6, 6.07) is 13.6. The predicted octanol–water partition coefficient (Wildman–Crippen LogP) is 3.75. The molecule has 2 aliphatic rings. The van der Waals surface area contributed by atoms with E-state index >= 15 is 0 Å². The minimum absolute atomic E-state index is 0.0437. The zero-order valence-electron chi connectivity index (χ0n) is 25.6. The van der Waals surface area contributed by atoms with Crippen molar-refractivity contribution in [2.75, 3.05) is 45.1 Å². The summed E-state index contributed by atoms with van der Waals surface area (Å²) in [6.07, 6.45) is 5.72. The molecule has 0 radical (unpaired) electrons. The lowest BCUT2D eigenvalue weighted by atomic mass is 10.0. The number of pyridine rings is 1. The Labute approximate surface area is 258 Å². The van der Waals surface area contributed by atoms with Crippen molar-refractivity contribution in [1.29, 1.82) is 0 Å². The standard InChI is InChI=1S/C34H45N5O5/c1-38(33(44)16-18-39-21-24-5-4-6-25(24)22-39)17-3-2-7-31(42)36-26-10-8-23(9-11-26)19-35-20-30(41)27-12-14-29(40)34-28(27)13-15-32(43)37-34/h8-15,24-25,30,35,40-41H,2-7,16-22H2,1H3,(H,36,42)(H,37,43)/t24?,25?,30-/m0/s1. The molecule has 10 nitrogen and oxygen atoms in total. The number of aromatic hydroxyl groups is 1. The van der Waals surface area contributed by atoms with Gasteiger partial charge in [-0.25, -0.2) is 0 Å². The molecular weight excluding hydrogens is 558 g/mol. The molecule has 2 fully saturated rings. The number of nitrogens with zero attached hydrogens (tertiary/aromatic N) is 2. The van der Waals surface area contributed by atoms with Crippen LogP contribution < -0.4 is 16.2 Å². The molecule has 2 heterocycles. The number of nitrogens with one attached hydrogen (secondary N) is 3. The van der Waals surface area contributed by atoms with Gasteiger partial charge in [0.2, 0.25) is 17.4 Å². The molecule has 1 saturated heterocycles. The SMILES string of the molecule is CN(CCCCC(=O)Nc1ccc(CNC[C@H](O)c2ccc(O)c3[nH]c(=O)ccc23)cc1)C(=O)CCN1CC2CCCC2C1. The van der Waals surface area contributed by atoms with Gasteiger partial charge in [0, 0.05) is 76.3 Å². The number of hydrogen-bond acceptors (Lipinski definition) is 7. The quantitative estimate of drug-likeness (QED) is 0.177. The normalized spacial score (nSPS) is 18.8. The Balaban J connectivity index is 0.960. The second-order valence-electron chi connectivity index (χ2n) is 12.4. The summed E-state index contributed by atoms with van der Waals surface area (Å²) in [5, 5.41) is 27.5. The van der Waals surface area contributed by atoms with Crippen LogP contribution in [0, 0.1) is 11.8 Å². The molecular formula is C34H45N5O5. The van der Waals surface area contributed by atoms with Gasteiger partial charge in [0.05, 0.1) is 11.6 Å². The van der Waals surface area contributed by atoms with Crippen LogP contribution >= 0.6 is 0 Å². The lowest BCUT2D eigenvalue weighted by Gasteiger charge is -2.20. The molecule has 44 heavy (non-hydrogen) atoms. The fourth-order valence-corrected chi connectivity index (χ4v) is 6.66. The van der Waals surface area contributed by atoms with Crippen molar-refractivity contribution in [2.45, 2.75) is 57.6 Å². The molecule has 3 aromatic rings. The van der Waals surface area contributed by atoms with E-state index < -0.39 is 6.10 Å². The number of amides is 2. The molecule has 5 rings (SSSR count). The molecule has 0 bridgehead atoms.